The summed E-state index contributed by atoms with van der Waals surface area (Å²) in [6, 6.07) is -0.00135. The SMILES string of the molecule is CC1CCCCN1S(=O)(=O)NC/C(N)=N/O. The molecule has 1 fully saturated rings. The summed E-state index contributed by atoms with van der Waals surface area (Å²) in [5, 5.41) is 11.0. The maximum Gasteiger partial charge on any atom is 0.280 e. The van der Waals surface area contributed by atoms with E-state index in [1.807, 2.05) is 6.92 Å². The lowest BCUT2D eigenvalue weighted by molar-refractivity contribution is 0.266. The molecule has 1 atom stereocenters. The first kappa shape index (κ1) is 13.2. The molecule has 0 aromatic carbocycles. The molecule has 0 bridgehead atoms. The van der Waals surface area contributed by atoms with E-state index in [1.54, 1.807) is 0 Å². The van der Waals surface area contributed by atoms with Crippen molar-refractivity contribution in [1.82, 2.24) is 9.03 Å². The molecular weight excluding hydrogens is 232 g/mol. The summed E-state index contributed by atoms with van der Waals surface area (Å²) in [4.78, 5) is 0. The smallest absolute Gasteiger partial charge is 0.280 e. The Kier molecular flexibility index (Phi) is 4.51. The predicted octanol–water partition coefficient (Wildman–Crippen LogP) is -0.558. The lowest BCUT2D eigenvalue weighted by atomic mass is 10.1. The number of hydrogen-bond donors (Lipinski definition) is 3. The Morgan fingerprint density at radius 2 is 2.31 bits per heavy atom. The van der Waals surface area contributed by atoms with Crippen LogP contribution >= 0.6 is 0 Å². The van der Waals surface area contributed by atoms with Gasteiger partial charge in [0.1, 0.15) is 0 Å². The van der Waals surface area contributed by atoms with Crippen LogP contribution in [0.15, 0.2) is 5.16 Å². The van der Waals surface area contributed by atoms with E-state index in [0.717, 1.165) is 19.3 Å². The summed E-state index contributed by atoms with van der Waals surface area (Å²) >= 11 is 0. The molecule has 0 radical (unpaired) electrons. The van der Waals surface area contributed by atoms with Crippen molar-refractivity contribution < 1.29 is 13.6 Å². The van der Waals surface area contributed by atoms with Crippen molar-refractivity contribution >= 4 is 16.0 Å². The van der Waals surface area contributed by atoms with Crippen molar-refractivity contribution in [3.8, 4) is 0 Å². The van der Waals surface area contributed by atoms with Gasteiger partial charge >= 0.3 is 0 Å². The fourth-order valence-electron chi connectivity index (χ4n) is 1.71. The Morgan fingerprint density at radius 1 is 1.62 bits per heavy atom. The molecule has 8 heteroatoms. The van der Waals surface area contributed by atoms with Crippen LogP contribution in [0.3, 0.4) is 0 Å². The highest BCUT2D eigenvalue weighted by atomic mass is 32.2. The summed E-state index contributed by atoms with van der Waals surface area (Å²) in [6.07, 6.45) is 2.78. The zero-order valence-electron chi connectivity index (χ0n) is 9.26. The predicted molar refractivity (Wildman–Crippen MR) is 60.4 cm³/mol. The second-order valence-corrected chi connectivity index (χ2v) is 5.58. The molecule has 1 saturated heterocycles. The van der Waals surface area contributed by atoms with Gasteiger partial charge in [0.15, 0.2) is 5.84 Å². The standard InChI is InChI=1S/C8H18N4O3S/c1-7-4-2-3-5-12(7)16(14,15)10-6-8(9)11-13/h7,10,13H,2-6H2,1H3,(H2,9,11). The average molecular weight is 250 g/mol. The van der Waals surface area contributed by atoms with Gasteiger partial charge in [-0.15, -0.1) is 0 Å². The molecule has 94 valence electrons. The molecule has 0 aromatic heterocycles. The van der Waals surface area contributed by atoms with Crippen LogP contribution in [0.25, 0.3) is 0 Å². The van der Waals surface area contributed by atoms with Crippen LogP contribution < -0.4 is 10.5 Å². The summed E-state index contributed by atoms with van der Waals surface area (Å²) in [5.41, 5.74) is 5.20. The topological polar surface area (TPSA) is 108 Å². The minimum absolute atomic E-state index is 0.00135. The van der Waals surface area contributed by atoms with Gasteiger partial charge in [-0.1, -0.05) is 11.6 Å². The second-order valence-electron chi connectivity index (χ2n) is 3.87. The van der Waals surface area contributed by atoms with Crippen molar-refractivity contribution in [2.24, 2.45) is 10.9 Å². The molecule has 0 amide bonds. The lowest BCUT2D eigenvalue weighted by Gasteiger charge is -2.32. The number of piperidine rings is 1. The Hall–Kier alpha value is -0.860. The van der Waals surface area contributed by atoms with Crippen molar-refractivity contribution in [2.45, 2.75) is 32.2 Å². The molecular formula is C8H18N4O3S. The maximum atomic E-state index is 11.8. The molecule has 16 heavy (non-hydrogen) atoms. The van der Waals surface area contributed by atoms with E-state index in [-0.39, 0.29) is 18.4 Å². The molecule has 0 spiro atoms. The zero-order chi connectivity index (χ0) is 12.2. The van der Waals surface area contributed by atoms with Crippen molar-refractivity contribution in [3.05, 3.63) is 0 Å². The molecule has 1 aliphatic heterocycles. The number of nitrogens with two attached hydrogens (primary N) is 1. The Labute approximate surface area is 95.5 Å². The maximum absolute atomic E-state index is 11.8. The first-order chi connectivity index (χ1) is 7.47. The van der Waals surface area contributed by atoms with E-state index in [1.165, 1.54) is 4.31 Å². The molecule has 4 N–H and O–H groups in total. The number of rotatable bonds is 4. The molecule has 1 aliphatic rings. The molecule has 1 rings (SSSR count). The quantitative estimate of drug-likeness (QED) is 0.269. The first-order valence-electron chi connectivity index (χ1n) is 5.20. The summed E-state index contributed by atoms with van der Waals surface area (Å²) < 4.78 is 27.4. The Balaban J connectivity index is 2.62. The Morgan fingerprint density at radius 3 is 2.88 bits per heavy atom. The van der Waals surface area contributed by atoms with E-state index < -0.39 is 10.2 Å². The van der Waals surface area contributed by atoms with Crippen molar-refractivity contribution in [3.63, 3.8) is 0 Å². The van der Waals surface area contributed by atoms with Crippen LogP contribution in [-0.2, 0) is 10.2 Å². The van der Waals surface area contributed by atoms with Crippen molar-refractivity contribution in [2.75, 3.05) is 13.1 Å². The number of nitrogens with zero attached hydrogens (tertiary/aromatic N) is 2. The van der Waals surface area contributed by atoms with Gasteiger partial charge < -0.3 is 10.9 Å². The molecule has 7 nitrogen and oxygen atoms in total. The number of hydrogen-bond acceptors (Lipinski definition) is 4. The summed E-state index contributed by atoms with van der Waals surface area (Å²) in [5.74, 6) is -0.159. The van der Waals surface area contributed by atoms with Gasteiger partial charge in [-0.3, -0.25) is 0 Å². The third-order valence-electron chi connectivity index (χ3n) is 2.61. The van der Waals surface area contributed by atoms with E-state index in [4.69, 9.17) is 10.9 Å². The van der Waals surface area contributed by atoms with Crippen LogP contribution in [0.5, 0.6) is 0 Å². The summed E-state index contributed by atoms with van der Waals surface area (Å²) in [6.45, 7) is 2.22. The lowest BCUT2D eigenvalue weighted by Crippen LogP contribution is -2.49. The first-order valence-corrected chi connectivity index (χ1v) is 6.64. The number of nitrogens with one attached hydrogen (secondary N) is 1. The van der Waals surface area contributed by atoms with Gasteiger partial charge in [-0.2, -0.15) is 17.4 Å². The fourth-order valence-corrected chi connectivity index (χ4v) is 3.16. The van der Waals surface area contributed by atoms with Gasteiger partial charge in [0.25, 0.3) is 10.2 Å². The number of oxime groups is 1. The van der Waals surface area contributed by atoms with E-state index in [0.29, 0.717) is 6.54 Å². The van der Waals surface area contributed by atoms with Crippen LogP contribution in [0, 0.1) is 0 Å². The highest BCUT2D eigenvalue weighted by molar-refractivity contribution is 7.87. The highest BCUT2D eigenvalue weighted by Gasteiger charge is 2.29. The van der Waals surface area contributed by atoms with Crippen LogP contribution in [0.2, 0.25) is 0 Å². The third-order valence-corrected chi connectivity index (χ3v) is 4.28. The van der Waals surface area contributed by atoms with Crippen LogP contribution in [0.4, 0.5) is 0 Å². The minimum atomic E-state index is -3.53. The van der Waals surface area contributed by atoms with Crippen LogP contribution in [-0.4, -0.2) is 42.9 Å². The van der Waals surface area contributed by atoms with Gasteiger partial charge in [-0.25, -0.2) is 0 Å². The number of amidine groups is 1. The molecule has 0 aromatic rings. The normalized spacial score (nSPS) is 24.6. The van der Waals surface area contributed by atoms with E-state index >= 15 is 0 Å². The molecule has 0 saturated carbocycles. The van der Waals surface area contributed by atoms with Gasteiger partial charge in [0, 0.05) is 12.6 Å². The van der Waals surface area contributed by atoms with Gasteiger partial charge in [0.2, 0.25) is 0 Å². The minimum Gasteiger partial charge on any atom is -0.409 e. The Bertz CT molecular complexity index is 354. The molecule has 1 unspecified atom stereocenters. The monoisotopic (exact) mass is 250 g/mol. The highest BCUT2D eigenvalue weighted by Crippen LogP contribution is 2.18. The summed E-state index contributed by atoms with van der Waals surface area (Å²) in [7, 11) is -3.53. The van der Waals surface area contributed by atoms with Crippen molar-refractivity contribution in [1.29, 1.82) is 0 Å². The average Bonchev–Trinajstić information content (AvgIpc) is 2.26. The van der Waals surface area contributed by atoms with E-state index in [2.05, 4.69) is 9.88 Å². The van der Waals surface area contributed by atoms with Gasteiger partial charge in [0.05, 0.1) is 6.54 Å². The third kappa shape index (κ3) is 3.32. The molecule has 0 aliphatic carbocycles. The molecule has 1 heterocycles. The van der Waals surface area contributed by atoms with Gasteiger partial charge in [-0.05, 0) is 19.8 Å². The van der Waals surface area contributed by atoms with E-state index in [9.17, 15) is 8.42 Å². The zero-order valence-corrected chi connectivity index (χ0v) is 10.1. The van der Waals surface area contributed by atoms with Crippen LogP contribution in [0.1, 0.15) is 26.2 Å². The fraction of sp³-hybridized carbons (Fsp3) is 0.875. The largest absolute Gasteiger partial charge is 0.409 e. The second kappa shape index (κ2) is 5.46.